The third-order valence-electron chi connectivity index (χ3n) is 22.5. The zero-order chi connectivity index (χ0) is 61.2. The summed E-state index contributed by atoms with van der Waals surface area (Å²) in [6, 6.07) is 0. The minimum Gasteiger partial charge on any atom is -0.449 e. The number of halogens is 2. The molecule has 0 aromatic rings. The van der Waals surface area contributed by atoms with Gasteiger partial charge in [0.1, 0.15) is 6.10 Å². The minimum absolute atomic E-state index is 0. The second kappa shape index (κ2) is 32.7. The maximum Gasteiger partial charge on any atom is 0.217 e. The van der Waals surface area contributed by atoms with Crippen LogP contribution in [0.4, 0.5) is 0 Å². The van der Waals surface area contributed by atoms with Crippen LogP contribution in [0.5, 0.6) is 0 Å². The van der Waals surface area contributed by atoms with Gasteiger partial charge in [0.2, 0.25) is 12.2 Å². The number of aliphatic hydroxyl groups is 1. The van der Waals surface area contributed by atoms with E-state index >= 15 is 0 Å². The Kier molecular flexibility index (Phi) is 28.8. The number of aliphatic hydroxyl groups excluding tert-OH is 1. The van der Waals surface area contributed by atoms with Crippen LogP contribution in [0.1, 0.15) is 184 Å². The van der Waals surface area contributed by atoms with Crippen LogP contribution in [-0.4, -0.2) is 146 Å². The number of hydrogen-bond acceptors (Lipinski definition) is 16. The van der Waals surface area contributed by atoms with E-state index in [2.05, 4.69) is 132 Å². The molecule has 7 aliphatic heterocycles. The van der Waals surface area contributed by atoms with Crippen LogP contribution in [0.15, 0.2) is 0 Å². The second-order valence-corrected chi connectivity index (χ2v) is 28.3. The van der Waals surface area contributed by atoms with Crippen LogP contribution in [-0.2, 0) is 66.3 Å². The SMILES string of the molecule is CCC1O[C@H](O[C@H]2C(CC)O[C@@H](O[C@H]3C(CC)O[C@@H](O[C@@H]4C(CO)OC(OC(=N)C(Cl)Cl)C(C)C4C)C(C)[C@H]3C)C(C)[C@H]2C)C(C)C(C)[C@@H]1O[C@H]1OC(CC)[C@@H](O[C@@H]2OC(CC)[C@H](OC3OC(CC)[C@H](C)[C@H](C)[C@H]3C)[C@H](C)C2C)C(C)C1C.[Ac]. The van der Waals surface area contributed by atoms with Crippen LogP contribution in [0.2, 0.25) is 0 Å². The summed E-state index contributed by atoms with van der Waals surface area (Å²) in [4.78, 5) is -1.12. The van der Waals surface area contributed by atoms with Crippen molar-refractivity contribution in [3.05, 3.63) is 0 Å². The van der Waals surface area contributed by atoms with Gasteiger partial charge in [0, 0.05) is 85.5 Å². The molecule has 0 saturated carbocycles. The van der Waals surface area contributed by atoms with E-state index in [1.165, 1.54) is 0 Å². The fourth-order valence-electron chi connectivity index (χ4n) is 14.7. The van der Waals surface area contributed by atoms with Gasteiger partial charge in [0.05, 0.1) is 79.9 Å². The number of hydrogen-bond donors (Lipinski definition) is 2. The molecule has 16 nitrogen and oxygen atoms in total. The van der Waals surface area contributed by atoms with E-state index in [0.717, 1.165) is 32.1 Å². The summed E-state index contributed by atoms with van der Waals surface area (Å²) in [6.45, 7) is 46.0. The molecular weight excluding hydrogens is 1330 g/mol. The summed E-state index contributed by atoms with van der Waals surface area (Å²) in [5.74, 6) is 1.33. The van der Waals surface area contributed by atoms with Crippen molar-refractivity contribution in [2.24, 2.45) is 88.8 Å². The van der Waals surface area contributed by atoms with Crippen molar-refractivity contribution in [1.82, 2.24) is 0 Å². The first-order chi connectivity index (χ1) is 39.3. The van der Waals surface area contributed by atoms with E-state index < -0.39 is 54.8 Å². The molecule has 84 heavy (non-hydrogen) atoms. The molecule has 7 fully saturated rings. The summed E-state index contributed by atoms with van der Waals surface area (Å²) in [7, 11) is 0. The molecule has 18 unspecified atom stereocenters. The Labute approximate surface area is 553 Å². The van der Waals surface area contributed by atoms with Crippen molar-refractivity contribution in [2.45, 2.75) is 312 Å². The molecule has 0 amide bonds. The van der Waals surface area contributed by atoms with E-state index in [1.54, 1.807) is 0 Å². The largest absolute Gasteiger partial charge is 0.449 e. The van der Waals surface area contributed by atoms with Crippen molar-refractivity contribution < 1.29 is 115 Å². The summed E-state index contributed by atoms with van der Waals surface area (Å²) < 4.78 is 95.5. The summed E-state index contributed by atoms with van der Waals surface area (Å²) in [5, 5.41) is 18.5. The first-order valence-corrected chi connectivity index (χ1v) is 33.8. The molecule has 0 bridgehead atoms. The average Bonchev–Trinajstić information content (AvgIpc) is 3.47. The molecule has 0 aromatic carbocycles. The maximum atomic E-state index is 10.5. The Morgan fingerprint density at radius 1 is 0.321 bits per heavy atom. The normalized spacial score (nSPS) is 50.4. The zero-order valence-corrected chi connectivity index (χ0v) is 61.5. The van der Waals surface area contributed by atoms with Gasteiger partial charge in [-0.2, -0.15) is 0 Å². The Morgan fingerprint density at radius 3 is 0.750 bits per heavy atom. The van der Waals surface area contributed by atoms with Crippen LogP contribution in [0.3, 0.4) is 0 Å². The van der Waals surface area contributed by atoms with Crippen molar-refractivity contribution in [3.8, 4) is 0 Å². The Balaban J connectivity index is 0.0000113. The molecule has 7 aliphatic rings. The first kappa shape index (κ1) is 74.0. The molecule has 0 aromatic heterocycles. The molecule has 2 N–H and O–H groups in total. The number of nitrogens with one attached hydrogen (secondary N) is 1. The molecule has 487 valence electrons. The summed E-state index contributed by atoms with van der Waals surface area (Å²) in [5.41, 5.74) is 0. The molecular formula is C65H115AcCl2NO15. The second-order valence-electron chi connectivity index (χ2n) is 27.2. The van der Waals surface area contributed by atoms with Crippen molar-refractivity contribution >= 4 is 29.1 Å². The van der Waals surface area contributed by atoms with E-state index in [1.807, 2.05) is 13.8 Å². The van der Waals surface area contributed by atoms with E-state index in [4.69, 9.17) is 94.9 Å². The van der Waals surface area contributed by atoms with Crippen molar-refractivity contribution in [3.63, 3.8) is 0 Å². The van der Waals surface area contributed by atoms with Crippen LogP contribution >= 0.6 is 23.2 Å². The van der Waals surface area contributed by atoms with E-state index in [9.17, 15) is 5.11 Å². The molecule has 7 heterocycles. The molecule has 7 rings (SSSR count). The third-order valence-corrected chi connectivity index (χ3v) is 22.9. The molecule has 0 spiro atoms. The van der Waals surface area contributed by atoms with Gasteiger partial charge in [-0.25, -0.2) is 0 Å². The quantitative estimate of drug-likeness (QED) is 0.0631. The van der Waals surface area contributed by atoms with Crippen LogP contribution in [0.25, 0.3) is 0 Å². The third kappa shape index (κ3) is 15.9. The van der Waals surface area contributed by atoms with Crippen molar-refractivity contribution in [1.29, 1.82) is 5.41 Å². The predicted molar refractivity (Wildman–Crippen MR) is 320 cm³/mol. The molecule has 0 aliphatic carbocycles. The van der Waals surface area contributed by atoms with Gasteiger partial charge in [-0.15, -0.1) is 0 Å². The number of rotatable bonds is 21. The van der Waals surface area contributed by atoms with E-state index in [-0.39, 0.29) is 207 Å². The van der Waals surface area contributed by atoms with E-state index in [0.29, 0.717) is 18.3 Å². The Bertz CT molecular complexity index is 1980. The molecule has 19 heteroatoms. The fraction of sp³-hybridized carbons (Fsp3) is 0.985. The number of alkyl halides is 2. The van der Waals surface area contributed by atoms with Gasteiger partial charge < -0.3 is 71.4 Å². The Hall–Kier alpha value is 0.932. The minimum atomic E-state index is -1.12. The van der Waals surface area contributed by atoms with Crippen LogP contribution in [0, 0.1) is 138 Å². The fourth-order valence-corrected chi connectivity index (χ4v) is 14.8. The van der Waals surface area contributed by atoms with Gasteiger partial charge in [-0.05, 0) is 85.9 Å². The first-order valence-electron chi connectivity index (χ1n) is 33.0. The smallest absolute Gasteiger partial charge is 0.217 e. The van der Waals surface area contributed by atoms with Crippen molar-refractivity contribution in [2.75, 3.05) is 6.61 Å². The van der Waals surface area contributed by atoms with Gasteiger partial charge in [-0.3, -0.25) is 5.41 Å². The molecule has 35 atom stereocenters. The molecule has 7 saturated heterocycles. The topological polar surface area (TPSA) is 173 Å². The predicted octanol–water partition coefficient (Wildman–Crippen LogP) is 13.2. The zero-order valence-electron chi connectivity index (χ0n) is 55.2. The van der Waals surface area contributed by atoms with Crippen LogP contribution < -0.4 is 0 Å². The Morgan fingerprint density at radius 2 is 0.524 bits per heavy atom. The van der Waals surface area contributed by atoms with Gasteiger partial charge in [-0.1, -0.05) is 169 Å². The van der Waals surface area contributed by atoms with Gasteiger partial charge in [0.15, 0.2) is 42.6 Å². The molecule has 1 radical (unpaired) electrons. The monoisotopic (exact) mass is 1450 g/mol. The van der Waals surface area contributed by atoms with Gasteiger partial charge in [0.25, 0.3) is 0 Å². The van der Waals surface area contributed by atoms with Gasteiger partial charge >= 0.3 is 0 Å². The maximum absolute atomic E-state index is 10.5. The summed E-state index contributed by atoms with van der Waals surface area (Å²) >= 11 is 11.8. The standard InChI is InChI=1S/C65H115Cl2NO15.Ac/c1-22-44-30(8)29(7)37(15)59(70-44)77-51-31(9)38(16)60(71-45(51)23-2)78-52-32(10)39(17)61(72-46(52)24-3)79-53-33(11)40(18)62(73-47(53)25-4)80-54-34(12)41(19)63(74-48(54)26-5)81-55-35(13)42(20)64(75-49(55)27-6)82-56-36(14)43(21)65(76-50(56)28-69)83-58(68)57(66)67;/h29-57,59-65,68-69H,22-28H2,1-21H3;/t29-,30+,31+,32?,33?,34+,35+,36?,37+,38?,39?,40?,41?,42?,43?,44?,45?,46?,47?,48?,49?,50?,51+,52-,53-,54+,55+,56-,59?,60-,61+,62+,63-,64-,65?;/m0./s1. The average molecular weight is 1450 g/mol. The number of ether oxygens (including phenoxy) is 14. The summed E-state index contributed by atoms with van der Waals surface area (Å²) in [6.07, 6.45) is -1.61.